The molecular formula is C32H30F2O2SiZr-4. The molecule has 0 spiro atoms. The molecule has 0 unspecified atom stereocenters. The molecule has 0 amide bonds. The fourth-order valence-electron chi connectivity index (χ4n) is 3.02. The van der Waals surface area contributed by atoms with E-state index in [0.717, 1.165) is 0 Å². The minimum Gasteiger partial charge on any atom is -0.168 e. The van der Waals surface area contributed by atoms with Gasteiger partial charge in [0.1, 0.15) is 23.1 Å². The Labute approximate surface area is 241 Å². The third-order valence-electron chi connectivity index (χ3n) is 4.75. The number of fused-ring (bicyclic) bond motifs is 2. The molecule has 6 aromatic carbocycles. The molecule has 38 heavy (non-hydrogen) atoms. The summed E-state index contributed by atoms with van der Waals surface area (Å²) in [5, 5.41) is 22.5. The van der Waals surface area contributed by atoms with E-state index in [-0.39, 0.29) is 38.0 Å². The van der Waals surface area contributed by atoms with Crippen LogP contribution in [0.4, 0.5) is 8.78 Å². The zero-order chi connectivity index (χ0) is 26.2. The fourth-order valence-corrected chi connectivity index (χ4v) is 3.02. The van der Waals surface area contributed by atoms with Crippen molar-refractivity contribution in [1.82, 2.24) is 0 Å². The van der Waals surface area contributed by atoms with Gasteiger partial charge >= 0.3 is 30.2 Å². The Morgan fingerprint density at radius 3 is 1.11 bits per heavy atom. The standard InChI is InChI=1S/2C9H7.2C6H5FO.2CH3.Si.Zr/c2*1-2-5-9-7-3-6-8(9)4-1;2*7-5-1-3-6(8)4-2-5;;;;/h2*1-7H;2*1-4,8H;2*1H3;;/q2*-1;;;2*-1;;. The van der Waals surface area contributed by atoms with Crippen molar-refractivity contribution in [2.75, 3.05) is 0 Å². The predicted molar refractivity (Wildman–Crippen MR) is 154 cm³/mol. The molecule has 2 nitrogen and oxygen atoms in total. The Bertz CT molecular complexity index is 1200. The van der Waals surface area contributed by atoms with Gasteiger partial charge in [-0.2, -0.15) is 35.0 Å². The molecule has 6 aromatic rings. The predicted octanol–water partition coefficient (Wildman–Crippen LogP) is 8.70. The maximum absolute atomic E-state index is 12.0. The molecule has 2 radical (unpaired) electrons. The van der Waals surface area contributed by atoms with Gasteiger partial charge in [-0.05, 0) is 48.5 Å². The molecule has 0 aromatic heterocycles. The largest absolute Gasteiger partial charge is 0.168 e. The Balaban J connectivity index is 0.000000463. The van der Waals surface area contributed by atoms with E-state index in [9.17, 15) is 8.78 Å². The number of hydrogen-bond donors (Lipinski definition) is 2. The first kappa shape index (κ1) is 34.7. The van der Waals surface area contributed by atoms with Crippen molar-refractivity contribution < 1.29 is 42.3 Å². The van der Waals surface area contributed by atoms with Gasteiger partial charge in [0.2, 0.25) is 0 Å². The van der Waals surface area contributed by atoms with Crippen LogP contribution in [0.2, 0.25) is 0 Å². The van der Waals surface area contributed by atoms with E-state index < -0.39 is 0 Å². The Morgan fingerprint density at radius 2 is 0.816 bits per heavy atom. The van der Waals surface area contributed by atoms with Gasteiger partial charge in [-0.1, -0.05) is 12.1 Å². The van der Waals surface area contributed by atoms with Crippen molar-refractivity contribution in [3.8, 4) is 11.5 Å². The van der Waals surface area contributed by atoms with Crippen LogP contribution in [-0.4, -0.2) is 17.1 Å². The molecule has 2 N–H and O–H groups in total. The molecule has 6 rings (SSSR count). The Morgan fingerprint density at radius 1 is 0.500 bits per heavy atom. The average molecular weight is 604 g/mol. The van der Waals surface area contributed by atoms with Crippen LogP contribution < -0.4 is 0 Å². The maximum atomic E-state index is 12.0. The van der Waals surface area contributed by atoms with Gasteiger partial charge in [0.25, 0.3) is 0 Å². The van der Waals surface area contributed by atoms with Crippen molar-refractivity contribution in [2.45, 2.75) is 0 Å². The molecule has 0 saturated carbocycles. The van der Waals surface area contributed by atoms with Crippen LogP contribution in [0.1, 0.15) is 0 Å². The number of halogens is 2. The van der Waals surface area contributed by atoms with E-state index in [1.165, 1.54) is 93.4 Å². The summed E-state index contributed by atoms with van der Waals surface area (Å²) in [4.78, 5) is 0. The smallest absolute Gasteiger partial charge is 0.0809 e. The molecule has 0 bridgehead atoms. The quantitative estimate of drug-likeness (QED) is 0.135. The molecule has 0 aliphatic heterocycles. The molecule has 0 atom stereocenters. The first-order chi connectivity index (χ1) is 17.5. The number of rotatable bonds is 0. The van der Waals surface area contributed by atoms with E-state index in [0.29, 0.717) is 0 Å². The topological polar surface area (TPSA) is 40.5 Å². The third-order valence-corrected chi connectivity index (χ3v) is 4.75. The number of aromatic hydroxyl groups is 2. The molecule has 0 fully saturated rings. The number of phenols is 2. The zero-order valence-electron chi connectivity index (χ0n) is 21.4. The number of benzene rings is 4. The molecule has 0 aliphatic carbocycles. The van der Waals surface area contributed by atoms with Gasteiger partial charge < -0.3 is 25.1 Å². The van der Waals surface area contributed by atoms with Gasteiger partial charge in [0, 0.05) is 0 Å². The van der Waals surface area contributed by atoms with Gasteiger partial charge in [0.15, 0.2) is 0 Å². The van der Waals surface area contributed by atoms with Gasteiger partial charge in [-0.25, -0.2) is 8.78 Å². The first-order valence-corrected chi connectivity index (χ1v) is 15.0. The average Bonchev–Trinajstić information content (AvgIpc) is 3.60. The summed E-state index contributed by atoms with van der Waals surface area (Å²) in [5.41, 5.74) is 0. The van der Waals surface area contributed by atoms with E-state index >= 15 is 0 Å². The first-order valence-electron chi connectivity index (χ1n) is 10.9. The Hall–Kier alpha value is -3.34. The van der Waals surface area contributed by atoms with Crippen LogP contribution in [0.15, 0.2) is 133 Å². The third kappa shape index (κ3) is 12.8. The van der Waals surface area contributed by atoms with Crippen LogP contribution in [0, 0.1) is 26.5 Å². The molecule has 0 saturated heterocycles. The van der Waals surface area contributed by atoms with Gasteiger partial charge in [-0.3, -0.25) is 0 Å². The fraction of sp³-hybridized carbons (Fsp3) is 0. The van der Waals surface area contributed by atoms with Crippen LogP contribution >= 0.6 is 0 Å². The van der Waals surface area contributed by atoms with Gasteiger partial charge in [0.05, 0.1) is 0 Å². The molecule has 0 aliphatic rings. The summed E-state index contributed by atoms with van der Waals surface area (Å²) in [6, 6.07) is 39.4. The molecular weight excluding hydrogens is 574 g/mol. The molecule has 0 heterocycles. The van der Waals surface area contributed by atoms with Crippen molar-refractivity contribution in [1.29, 1.82) is 0 Å². The monoisotopic (exact) mass is 602 g/mol. The SMILES string of the molecule is Oc1ccc(F)cc1.Oc1ccc(F)cc1.[CH3-].[CH3-].[Si]=[Zr].c1ccc2[cH-]ccc2c1.c1ccc2[cH-]ccc2c1. The van der Waals surface area contributed by atoms with E-state index in [1.54, 1.807) is 0 Å². The molecule has 6 heteroatoms. The van der Waals surface area contributed by atoms with Crippen molar-refractivity contribution in [3.63, 3.8) is 0 Å². The summed E-state index contributed by atoms with van der Waals surface area (Å²) in [7, 11) is 0. The number of hydrogen-bond acceptors (Lipinski definition) is 2. The summed E-state index contributed by atoms with van der Waals surface area (Å²) in [6.45, 7) is 3.06. The van der Waals surface area contributed by atoms with Crippen molar-refractivity contribution >= 4 is 28.4 Å². The summed E-state index contributed by atoms with van der Waals surface area (Å²) < 4.78 is 24.0. The van der Waals surface area contributed by atoms with Crippen molar-refractivity contribution in [3.05, 3.63) is 160 Å². The van der Waals surface area contributed by atoms with E-state index in [2.05, 4.69) is 91.8 Å². The van der Waals surface area contributed by atoms with Crippen LogP contribution in [0.25, 0.3) is 21.5 Å². The minimum absolute atomic E-state index is 0. The summed E-state index contributed by atoms with van der Waals surface area (Å²) in [5.74, 6) is -0.483. The Kier molecular flexibility index (Phi) is 18.0. The maximum Gasteiger partial charge on any atom is -0.0809 e. The van der Waals surface area contributed by atoms with Crippen LogP contribution in [0.5, 0.6) is 11.5 Å². The van der Waals surface area contributed by atoms with Crippen LogP contribution in [0.3, 0.4) is 0 Å². The normalized spacial score (nSPS) is 8.76. The summed E-state index contributed by atoms with van der Waals surface area (Å²) in [6.07, 6.45) is 0. The van der Waals surface area contributed by atoms with Crippen molar-refractivity contribution in [2.24, 2.45) is 0 Å². The van der Waals surface area contributed by atoms with E-state index in [4.69, 9.17) is 10.2 Å². The number of phenolic OH excluding ortho intramolecular Hbond substituents is 2. The second kappa shape index (κ2) is 19.7. The zero-order valence-corrected chi connectivity index (χ0v) is 24.8. The second-order valence-corrected chi connectivity index (χ2v) is 7.26. The van der Waals surface area contributed by atoms with E-state index in [1.807, 2.05) is 0 Å². The molecule has 196 valence electrons. The van der Waals surface area contributed by atoms with Crippen LogP contribution in [-0.2, 0) is 23.3 Å². The minimum atomic E-state index is -0.331. The second-order valence-electron chi connectivity index (χ2n) is 7.26. The van der Waals surface area contributed by atoms with Gasteiger partial charge in [-0.15, -0.1) is 59.3 Å². The summed E-state index contributed by atoms with van der Waals surface area (Å²) >= 11 is 1.36.